The van der Waals surface area contributed by atoms with E-state index in [-0.39, 0.29) is 0 Å². The van der Waals surface area contributed by atoms with Crippen LogP contribution < -0.4 is 59.2 Å². The maximum absolute atomic E-state index is 6.05. The maximum Gasteiger partial charge on any atom is 0.123 e. The van der Waals surface area contributed by atoms with Gasteiger partial charge in [0.15, 0.2) is 0 Å². The van der Waals surface area contributed by atoms with E-state index in [1.54, 1.807) is 56.9 Å². The Bertz CT molecular complexity index is 4370. The van der Waals surface area contributed by atoms with Gasteiger partial charge in [-0.1, -0.05) is 72.8 Å². The lowest BCUT2D eigenvalue weighted by molar-refractivity contribution is 0.412. The third-order valence-electron chi connectivity index (χ3n) is 19.5. The standard InChI is InChI=1S/C85H76N4O8/c1-49-77(94-9)41-37-65(53-13-25-61(90-5)26-14-53)81(49)86-57-21-33-69-70-34-22-58(87-82-50(2)78(95-10)42-38-66(82)54-15-27-62(91-6)28-16-54)46-74(70)85(73(69)45-57)75-47-59(88-83-51(3)79(96-11)43-39-67(83)55-17-29-63(92-7)30-18-55)23-35-71(75)72-36-24-60(48-76(72)85)89-84-52(4)80(97-12)44-40-68(84)56-19-31-64(93-8)32-20-56/h13-48,86-89H,1-12H3. The monoisotopic (exact) mass is 1280 g/mol. The third-order valence-corrected chi connectivity index (χ3v) is 19.5. The minimum atomic E-state index is -0.963. The second-order valence-corrected chi connectivity index (χ2v) is 24.5. The molecule has 0 unspecified atom stereocenters. The first-order valence-electron chi connectivity index (χ1n) is 32.3. The summed E-state index contributed by atoms with van der Waals surface area (Å²) in [6.45, 7) is 8.44. The third kappa shape index (κ3) is 10.9. The molecule has 0 saturated carbocycles. The summed E-state index contributed by atoms with van der Waals surface area (Å²) >= 11 is 0. The van der Waals surface area contributed by atoms with E-state index in [1.165, 1.54) is 0 Å². The minimum absolute atomic E-state index is 0.771. The number of hydrogen-bond acceptors (Lipinski definition) is 12. The molecule has 0 fully saturated rings. The van der Waals surface area contributed by atoms with Crippen molar-refractivity contribution in [2.75, 3.05) is 78.1 Å². The Labute approximate surface area is 567 Å². The van der Waals surface area contributed by atoms with Gasteiger partial charge in [-0.15, -0.1) is 0 Å². The molecule has 484 valence electrons. The number of methoxy groups -OCH3 is 8. The van der Waals surface area contributed by atoms with Crippen LogP contribution in [-0.4, -0.2) is 56.9 Å². The van der Waals surface area contributed by atoms with Crippen molar-refractivity contribution in [2.24, 2.45) is 0 Å². The highest BCUT2D eigenvalue weighted by Crippen LogP contribution is 2.65. The predicted octanol–water partition coefficient (Wildman–Crippen LogP) is 21.0. The van der Waals surface area contributed by atoms with Crippen LogP contribution in [0.5, 0.6) is 46.0 Å². The topological polar surface area (TPSA) is 122 Å². The van der Waals surface area contributed by atoms with Crippen LogP contribution in [0.3, 0.4) is 0 Å². The fraction of sp³-hybridized carbons (Fsp3) is 0.153. The summed E-state index contributed by atoms with van der Waals surface area (Å²) in [5.74, 6) is 6.21. The number of anilines is 8. The highest BCUT2D eigenvalue weighted by Gasteiger charge is 2.52. The minimum Gasteiger partial charge on any atom is -0.497 e. The van der Waals surface area contributed by atoms with Crippen LogP contribution >= 0.6 is 0 Å². The Morgan fingerprint density at radius 1 is 0.216 bits per heavy atom. The first-order valence-corrected chi connectivity index (χ1v) is 32.3. The average molecular weight is 1280 g/mol. The van der Waals surface area contributed by atoms with Crippen LogP contribution in [0.4, 0.5) is 45.5 Å². The molecule has 2 aliphatic carbocycles. The lowest BCUT2D eigenvalue weighted by Crippen LogP contribution is -2.26. The Balaban J connectivity index is 1.02. The van der Waals surface area contributed by atoms with E-state index in [4.69, 9.17) is 37.9 Å². The number of ether oxygens (including phenoxy) is 8. The predicted molar refractivity (Wildman–Crippen MR) is 395 cm³/mol. The highest BCUT2D eigenvalue weighted by atomic mass is 16.5. The van der Waals surface area contributed by atoms with Gasteiger partial charge < -0.3 is 59.2 Å². The SMILES string of the molecule is COc1ccc(-c2ccc(OC)c(C)c2Nc2ccc3c(c2)C2(c4cc(Nc5c(-c6ccc(OC)cc6)ccc(OC)c5C)ccc4-3)c3cc(Nc4c(-c5ccc(OC)cc5)ccc(OC)c4C)ccc3-c3ccc(Nc4c(-c5ccc(OC)cc5)ccc(OC)c4C)cc32)cc1. The van der Waals surface area contributed by atoms with Crippen molar-refractivity contribution >= 4 is 45.5 Å². The van der Waals surface area contributed by atoms with Crippen molar-refractivity contribution in [1.29, 1.82) is 0 Å². The molecule has 0 bridgehead atoms. The first kappa shape index (κ1) is 62.7. The number of hydrogen-bond donors (Lipinski definition) is 4. The van der Waals surface area contributed by atoms with Crippen LogP contribution in [0.2, 0.25) is 0 Å². The summed E-state index contributed by atoms with van der Waals surface area (Å²) in [5.41, 5.74) is 27.3. The van der Waals surface area contributed by atoms with Crippen molar-refractivity contribution in [2.45, 2.75) is 33.1 Å². The zero-order chi connectivity index (χ0) is 67.2. The number of rotatable bonds is 20. The second kappa shape index (κ2) is 25.9. The van der Waals surface area contributed by atoms with Gasteiger partial charge >= 0.3 is 0 Å². The van der Waals surface area contributed by atoms with Gasteiger partial charge in [-0.05, 0) is 240 Å². The van der Waals surface area contributed by atoms with Gasteiger partial charge in [0, 0.05) is 67.3 Å². The molecule has 0 saturated heterocycles. The Morgan fingerprint density at radius 2 is 0.412 bits per heavy atom. The molecule has 0 aliphatic heterocycles. The molecule has 1 spiro atoms. The van der Waals surface area contributed by atoms with Crippen LogP contribution in [0.15, 0.2) is 218 Å². The molecular weight excluding hydrogens is 1200 g/mol. The molecular formula is C85H76N4O8. The van der Waals surface area contributed by atoms with Gasteiger partial charge in [0.25, 0.3) is 0 Å². The normalized spacial score (nSPS) is 12.0. The van der Waals surface area contributed by atoms with Crippen molar-refractivity contribution in [3.8, 4) is 113 Å². The van der Waals surface area contributed by atoms with E-state index in [1.807, 2.05) is 72.8 Å². The smallest absolute Gasteiger partial charge is 0.123 e. The highest BCUT2D eigenvalue weighted by molar-refractivity contribution is 6.00. The number of fused-ring (bicyclic) bond motifs is 10. The van der Waals surface area contributed by atoms with Gasteiger partial charge in [-0.2, -0.15) is 0 Å². The van der Waals surface area contributed by atoms with Gasteiger partial charge in [-0.3, -0.25) is 0 Å². The molecule has 97 heavy (non-hydrogen) atoms. The van der Waals surface area contributed by atoms with Crippen molar-refractivity contribution in [1.82, 2.24) is 0 Å². The molecule has 0 atom stereocenters. The summed E-state index contributed by atoms with van der Waals surface area (Å²) in [6, 6.07) is 76.9. The van der Waals surface area contributed by atoms with Crippen LogP contribution in [0, 0.1) is 27.7 Å². The first-order chi connectivity index (χ1) is 47.3. The Kier molecular flexibility index (Phi) is 16.7. The zero-order valence-electron chi connectivity index (χ0n) is 56.6. The molecule has 0 radical (unpaired) electrons. The van der Waals surface area contributed by atoms with Gasteiger partial charge in [-0.25, -0.2) is 0 Å². The maximum atomic E-state index is 6.05. The lowest BCUT2D eigenvalue weighted by Gasteiger charge is -2.32. The Hall–Kier alpha value is -11.8. The molecule has 0 amide bonds. The number of nitrogens with one attached hydrogen (secondary N) is 4. The van der Waals surface area contributed by atoms with E-state index in [2.05, 4.69) is 195 Å². The summed E-state index contributed by atoms with van der Waals surface area (Å²) in [7, 11) is 13.7. The molecule has 0 heterocycles. The van der Waals surface area contributed by atoms with Gasteiger partial charge in [0.1, 0.15) is 46.0 Å². The van der Waals surface area contributed by atoms with Crippen molar-refractivity contribution in [3.05, 3.63) is 263 Å². The molecule has 14 rings (SSSR count). The van der Waals surface area contributed by atoms with E-state index < -0.39 is 5.41 Å². The van der Waals surface area contributed by atoms with Crippen LogP contribution in [-0.2, 0) is 5.41 Å². The second-order valence-electron chi connectivity index (χ2n) is 24.5. The molecule has 12 heteroatoms. The van der Waals surface area contributed by atoms with Gasteiger partial charge in [0.05, 0.1) is 85.0 Å². The van der Waals surface area contributed by atoms with E-state index in [0.29, 0.717) is 0 Å². The summed E-state index contributed by atoms with van der Waals surface area (Å²) in [4.78, 5) is 0. The summed E-state index contributed by atoms with van der Waals surface area (Å²) < 4.78 is 46.7. The van der Waals surface area contributed by atoms with Crippen molar-refractivity contribution < 1.29 is 37.9 Å². The molecule has 4 N–H and O–H groups in total. The van der Waals surface area contributed by atoms with Crippen LogP contribution in [0.25, 0.3) is 66.8 Å². The molecule has 0 aromatic heterocycles. The van der Waals surface area contributed by atoms with Crippen molar-refractivity contribution in [3.63, 3.8) is 0 Å². The van der Waals surface area contributed by atoms with E-state index >= 15 is 0 Å². The summed E-state index contributed by atoms with van der Waals surface area (Å²) in [6.07, 6.45) is 0. The quantitative estimate of drug-likeness (QED) is 0.0581. The Morgan fingerprint density at radius 3 is 0.598 bits per heavy atom. The fourth-order valence-corrected chi connectivity index (χ4v) is 14.5. The van der Waals surface area contributed by atoms with E-state index in [9.17, 15) is 0 Å². The van der Waals surface area contributed by atoms with Crippen LogP contribution in [0.1, 0.15) is 44.5 Å². The average Bonchev–Trinajstić information content (AvgIpc) is 1.51. The summed E-state index contributed by atoms with van der Waals surface area (Å²) in [5, 5.41) is 16.1. The fourth-order valence-electron chi connectivity index (χ4n) is 14.5. The molecule has 12 aromatic rings. The lowest BCUT2D eigenvalue weighted by atomic mass is 9.70. The van der Waals surface area contributed by atoms with E-state index in [0.717, 1.165) is 203 Å². The molecule has 12 aromatic carbocycles. The largest absolute Gasteiger partial charge is 0.497 e. The zero-order valence-corrected chi connectivity index (χ0v) is 56.6. The number of benzene rings is 12. The molecule has 2 aliphatic rings. The van der Waals surface area contributed by atoms with Gasteiger partial charge in [0.2, 0.25) is 0 Å². The molecule has 12 nitrogen and oxygen atoms in total.